The van der Waals surface area contributed by atoms with Crippen LogP contribution in [0.2, 0.25) is 0 Å². The summed E-state index contributed by atoms with van der Waals surface area (Å²) >= 11 is 0. The Kier molecular flexibility index (Phi) is 6.50. The molecular weight excluding hydrogens is 240 g/mol. The standard InChI is InChI=1S/C7H14N4O2S.ClH/c1-2-8-3-4-11-14(12,13)7-5-9-6-10-7;/h5-6,8,11H,2-4H2,1H3,(H,9,10);1H. The molecule has 1 aromatic rings. The zero-order chi connectivity index (χ0) is 10.4. The molecule has 0 aliphatic rings. The summed E-state index contributed by atoms with van der Waals surface area (Å²) in [7, 11) is -3.41. The third-order valence-corrected chi connectivity index (χ3v) is 2.99. The van der Waals surface area contributed by atoms with Crippen LogP contribution in [0.3, 0.4) is 0 Å². The quantitative estimate of drug-likeness (QED) is 0.610. The van der Waals surface area contributed by atoms with Gasteiger partial charge in [-0.05, 0) is 6.54 Å². The highest BCUT2D eigenvalue weighted by Crippen LogP contribution is 2.00. The third-order valence-electron chi connectivity index (χ3n) is 1.61. The fourth-order valence-electron chi connectivity index (χ4n) is 0.918. The number of hydrogen-bond acceptors (Lipinski definition) is 4. The van der Waals surface area contributed by atoms with Crippen LogP contribution >= 0.6 is 12.4 Å². The number of sulfonamides is 1. The highest BCUT2D eigenvalue weighted by atomic mass is 35.5. The monoisotopic (exact) mass is 254 g/mol. The van der Waals surface area contributed by atoms with Crippen LogP contribution in [-0.4, -0.2) is 38.0 Å². The van der Waals surface area contributed by atoms with Crippen molar-refractivity contribution in [2.45, 2.75) is 11.9 Å². The van der Waals surface area contributed by atoms with E-state index in [2.05, 4.69) is 20.0 Å². The van der Waals surface area contributed by atoms with Gasteiger partial charge in [-0.15, -0.1) is 12.4 Å². The van der Waals surface area contributed by atoms with Gasteiger partial charge >= 0.3 is 0 Å². The average Bonchev–Trinajstić information content (AvgIpc) is 2.65. The van der Waals surface area contributed by atoms with Crippen LogP contribution in [0.4, 0.5) is 0 Å². The predicted molar refractivity (Wildman–Crippen MR) is 59.6 cm³/mol. The molecule has 8 heteroatoms. The molecule has 0 saturated carbocycles. The lowest BCUT2D eigenvalue weighted by Gasteiger charge is -2.04. The van der Waals surface area contributed by atoms with Gasteiger partial charge in [0.05, 0.1) is 12.5 Å². The van der Waals surface area contributed by atoms with Gasteiger partial charge in [-0.3, -0.25) is 0 Å². The first-order valence-corrected chi connectivity index (χ1v) is 5.84. The minimum absolute atomic E-state index is 0. The molecule has 0 fully saturated rings. The molecule has 0 aliphatic heterocycles. The van der Waals surface area contributed by atoms with Gasteiger partial charge < -0.3 is 10.3 Å². The van der Waals surface area contributed by atoms with Gasteiger partial charge in [0, 0.05) is 13.1 Å². The summed E-state index contributed by atoms with van der Waals surface area (Å²) in [6.45, 7) is 3.77. The lowest BCUT2D eigenvalue weighted by molar-refractivity contribution is 0.574. The lowest BCUT2D eigenvalue weighted by atomic mass is 10.6. The molecule has 1 heterocycles. The van der Waals surface area contributed by atoms with E-state index in [1.807, 2.05) is 6.92 Å². The Hall–Kier alpha value is -0.630. The maximum atomic E-state index is 11.4. The Morgan fingerprint density at radius 1 is 1.47 bits per heavy atom. The van der Waals surface area contributed by atoms with Crippen molar-refractivity contribution in [3.63, 3.8) is 0 Å². The van der Waals surface area contributed by atoms with E-state index in [1.54, 1.807) is 0 Å². The molecule has 3 N–H and O–H groups in total. The second kappa shape index (κ2) is 6.78. The Bertz CT molecular complexity index is 351. The summed E-state index contributed by atoms with van der Waals surface area (Å²) in [6, 6.07) is 0. The summed E-state index contributed by atoms with van der Waals surface area (Å²) < 4.78 is 25.3. The molecule has 0 aliphatic carbocycles. The van der Waals surface area contributed by atoms with Crippen molar-refractivity contribution in [3.05, 3.63) is 12.5 Å². The fourth-order valence-corrected chi connectivity index (χ4v) is 1.85. The van der Waals surface area contributed by atoms with Gasteiger partial charge in [0.2, 0.25) is 0 Å². The fraction of sp³-hybridized carbons (Fsp3) is 0.571. The predicted octanol–water partition coefficient (Wildman–Crippen LogP) is -0.281. The second-order valence-corrected chi connectivity index (χ2v) is 4.40. The summed E-state index contributed by atoms with van der Waals surface area (Å²) in [6.07, 6.45) is 2.61. The van der Waals surface area contributed by atoms with Gasteiger partial charge in [-0.1, -0.05) is 6.92 Å². The highest BCUT2D eigenvalue weighted by molar-refractivity contribution is 7.89. The molecule has 0 atom stereocenters. The zero-order valence-corrected chi connectivity index (χ0v) is 9.99. The van der Waals surface area contributed by atoms with Crippen LogP contribution in [0.5, 0.6) is 0 Å². The van der Waals surface area contributed by atoms with E-state index in [1.165, 1.54) is 12.5 Å². The van der Waals surface area contributed by atoms with Gasteiger partial charge in [0.1, 0.15) is 0 Å². The van der Waals surface area contributed by atoms with Gasteiger partial charge in [-0.25, -0.2) is 18.1 Å². The minimum atomic E-state index is -3.41. The number of imidazole rings is 1. The van der Waals surface area contributed by atoms with Crippen LogP contribution in [0, 0.1) is 0 Å². The van der Waals surface area contributed by atoms with Gasteiger partial charge in [0.25, 0.3) is 10.0 Å². The summed E-state index contributed by atoms with van der Waals surface area (Å²) in [4.78, 5) is 6.18. The molecule has 0 bridgehead atoms. The van der Waals surface area contributed by atoms with Crippen LogP contribution in [-0.2, 0) is 10.0 Å². The molecule has 15 heavy (non-hydrogen) atoms. The first-order valence-electron chi connectivity index (χ1n) is 4.35. The topological polar surface area (TPSA) is 86.9 Å². The maximum absolute atomic E-state index is 11.4. The Morgan fingerprint density at radius 2 is 2.20 bits per heavy atom. The molecule has 1 aromatic heterocycles. The Balaban J connectivity index is 0.00000196. The molecule has 0 amide bonds. The summed E-state index contributed by atoms with van der Waals surface area (Å²) in [5.74, 6) is 0. The van der Waals surface area contributed by atoms with Gasteiger partial charge in [-0.2, -0.15) is 0 Å². The molecule has 88 valence electrons. The van der Waals surface area contributed by atoms with Crippen molar-refractivity contribution in [2.75, 3.05) is 19.6 Å². The second-order valence-electron chi connectivity index (χ2n) is 2.67. The van der Waals surface area contributed by atoms with Crippen molar-refractivity contribution in [2.24, 2.45) is 0 Å². The Morgan fingerprint density at radius 3 is 2.73 bits per heavy atom. The minimum Gasteiger partial charge on any atom is -0.335 e. The van der Waals surface area contributed by atoms with Crippen LogP contribution in [0.15, 0.2) is 17.6 Å². The van der Waals surface area contributed by atoms with Crippen LogP contribution in [0.1, 0.15) is 6.92 Å². The third kappa shape index (κ3) is 4.61. The van der Waals surface area contributed by atoms with E-state index in [0.29, 0.717) is 13.1 Å². The van der Waals surface area contributed by atoms with Crippen molar-refractivity contribution in [3.8, 4) is 0 Å². The molecular formula is C7H15ClN4O2S. The number of H-pyrrole nitrogens is 1. The molecule has 0 radical (unpaired) electrons. The van der Waals surface area contributed by atoms with Gasteiger partial charge in [0.15, 0.2) is 5.03 Å². The number of aromatic nitrogens is 2. The number of aromatic amines is 1. The van der Waals surface area contributed by atoms with E-state index >= 15 is 0 Å². The number of rotatable bonds is 6. The van der Waals surface area contributed by atoms with Crippen LogP contribution < -0.4 is 10.0 Å². The van der Waals surface area contributed by atoms with Crippen LogP contribution in [0.25, 0.3) is 0 Å². The number of hydrogen-bond donors (Lipinski definition) is 3. The maximum Gasteiger partial charge on any atom is 0.257 e. The highest BCUT2D eigenvalue weighted by Gasteiger charge is 2.13. The normalized spacial score (nSPS) is 11.0. The molecule has 0 spiro atoms. The number of likely N-dealkylation sites (N-methyl/N-ethyl adjacent to an activating group) is 1. The summed E-state index contributed by atoms with van der Waals surface area (Å²) in [5.41, 5.74) is 0. The number of nitrogens with zero attached hydrogens (tertiary/aromatic N) is 1. The number of halogens is 1. The Labute approximate surface area is 95.3 Å². The van der Waals surface area contributed by atoms with E-state index in [-0.39, 0.29) is 17.4 Å². The van der Waals surface area contributed by atoms with Crippen molar-refractivity contribution >= 4 is 22.4 Å². The van der Waals surface area contributed by atoms with E-state index in [0.717, 1.165) is 6.54 Å². The largest absolute Gasteiger partial charge is 0.335 e. The summed E-state index contributed by atoms with van der Waals surface area (Å²) in [5, 5.41) is 3.11. The smallest absolute Gasteiger partial charge is 0.257 e. The average molecular weight is 255 g/mol. The van der Waals surface area contributed by atoms with E-state index < -0.39 is 10.0 Å². The van der Waals surface area contributed by atoms with E-state index in [4.69, 9.17) is 0 Å². The molecule has 6 nitrogen and oxygen atoms in total. The van der Waals surface area contributed by atoms with E-state index in [9.17, 15) is 8.42 Å². The molecule has 0 saturated heterocycles. The van der Waals surface area contributed by atoms with Crippen molar-refractivity contribution in [1.82, 2.24) is 20.0 Å². The van der Waals surface area contributed by atoms with Crippen molar-refractivity contribution in [1.29, 1.82) is 0 Å². The number of nitrogens with one attached hydrogen (secondary N) is 3. The molecule has 1 rings (SSSR count). The lowest BCUT2D eigenvalue weighted by Crippen LogP contribution is -2.31. The first-order chi connectivity index (χ1) is 6.67. The molecule has 0 unspecified atom stereocenters. The SMILES string of the molecule is CCNCCNS(=O)(=O)c1cnc[nH]1.Cl. The van der Waals surface area contributed by atoms with Crippen molar-refractivity contribution < 1.29 is 8.42 Å². The first kappa shape index (κ1) is 14.4. The zero-order valence-electron chi connectivity index (χ0n) is 8.36. The molecule has 0 aromatic carbocycles.